The van der Waals surface area contributed by atoms with Gasteiger partial charge in [-0.3, -0.25) is 14.5 Å². The van der Waals surface area contributed by atoms with Crippen molar-refractivity contribution in [1.29, 1.82) is 0 Å². The Balaban J connectivity index is 1.73. The molecule has 7 nitrogen and oxygen atoms in total. The van der Waals surface area contributed by atoms with Gasteiger partial charge in [0.15, 0.2) is 0 Å². The number of alkyl halides is 3. The van der Waals surface area contributed by atoms with Crippen molar-refractivity contribution in [2.75, 3.05) is 11.9 Å². The van der Waals surface area contributed by atoms with Crippen LogP contribution in [0.1, 0.15) is 12.5 Å². The average Bonchev–Trinajstić information content (AvgIpc) is 2.84. The van der Waals surface area contributed by atoms with Crippen LogP contribution in [0.15, 0.2) is 42.5 Å². The highest BCUT2D eigenvalue weighted by molar-refractivity contribution is 6.10. The number of carbonyl (C=O) groups is 3. The zero-order valence-electron chi connectivity index (χ0n) is 15.7. The zero-order chi connectivity index (χ0) is 23.0. The second kappa shape index (κ2) is 7.85. The fourth-order valence-electron chi connectivity index (χ4n) is 3.00. The molecule has 0 aromatic heterocycles. The third-order valence-corrected chi connectivity index (χ3v) is 4.39. The number of hydrogen-bond donors (Lipinski definition) is 2. The van der Waals surface area contributed by atoms with Crippen molar-refractivity contribution < 1.29 is 41.1 Å². The molecule has 1 heterocycles. The Morgan fingerprint density at radius 2 is 1.68 bits per heavy atom. The maximum Gasteiger partial charge on any atom is 0.573 e. The van der Waals surface area contributed by atoms with Crippen LogP contribution >= 0.6 is 0 Å². The first kappa shape index (κ1) is 22.0. The van der Waals surface area contributed by atoms with E-state index in [4.69, 9.17) is 0 Å². The fraction of sp³-hybridized carbons (Fsp3) is 0.211. The zero-order valence-corrected chi connectivity index (χ0v) is 15.7. The summed E-state index contributed by atoms with van der Waals surface area (Å²) in [5.41, 5.74) is -1.72. The van der Waals surface area contributed by atoms with Crippen molar-refractivity contribution in [2.45, 2.75) is 18.8 Å². The number of nitrogens with zero attached hydrogens (tertiary/aromatic N) is 1. The molecule has 3 rings (SSSR count). The molecule has 2 aromatic rings. The Morgan fingerprint density at radius 1 is 1.10 bits per heavy atom. The van der Waals surface area contributed by atoms with Crippen molar-refractivity contribution in [3.8, 4) is 5.75 Å². The molecule has 31 heavy (non-hydrogen) atoms. The molecule has 2 aromatic carbocycles. The number of urea groups is 1. The normalized spacial score (nSPS) is 18.7. The van der Waals surface area contributed by atoms with Crippen LogP contribution in [0.5, 0.6) is 5.75 Å². The molecule has 0 radical (unpaired) electrons. The molecule has 0 aliphatic carbocycles. The SMILES string of the molecule is CC1(c2ccc(OC(F)(F)F)cc2)NC(=O)N(CC(=O)Nc2cc(F)cc(F)c2)C1=O. The van der Waals surface area contributed by atoms with Gasteiger partial charge in [-0.1, -0.05) is 12.1 Å². The van der Waals surface area contributed by atoms with Gasteiger partial charge in [0.2, 0.25) is 5.91 Å². The van der Waals surface area contributed by atoms with Gasteiger partial charge in [-0.25, -0.2) is 13.6 Å². The molecule has 164 valence electrons. The monoisotopic (exact) mass is 443 g/mol. The summed E-state index contributed by atoms with van der Waals surface area (Å²) < 4.78 is 67.1. The highest BCUT2D eigenvalue weighted by atomic mass is 19.4. The molecule has 0 bridgehead atoms. The molecule has 2 N–H and O–H groups in total. The highest BCUT2D eigenvalue weighted by Gasteiger charge is 2.49. The molecule has 1 atom stereocenters. The van der Waals surface area contributed by atoms with Gasteiger partial charge in [0.1, 0.15) is 29.5 Å². The summed E-state index contributed by atoms with van der Waals surface area (Å²) in [5.74, 6) is -4.13. The van der Waals surface area contributed by atoms with Gasteiger partial charge in [-0.15, -0.1) is 13.2 Å². The Bertz CT molecular complexity index is 1020. The summed E-state index contributed by atoms with van der Waals surface area (Å²) >= 11 is 0. The number of benzene rings is 2. The van der Waals surface area contributed by atoms with E-state index in [-0.39, 0.29) is 11.3 Å². The maximum absolute atomic E-state index is 13.2. The van der Waals surface area contributed by atoms with Crippen LogP contribution in [0.4, 0.5) is 32.4 Å². The van der Waals surface area contributed by atoms with Gasteiger partial charge in [-0.2, -0.15) is 0 Å². The van der Waals surface area contributed by atoms with Crippen LogP contribution in [0.2, 0.25) is 0 Å². The summed E-state index contributed by atoms with van der Waals surface area (Å²) in [4.78, 5) is 37.8. The third kappa shape index (κ3) is 4.90. The number of carbonyl (C=O) groups excluding carboxylic acids is 3. The van der Waals surface area contributed by atoms with Crippen LogP contribution in [0, 0.1) is 11.6 Å². The number of imide groups is 1. The molecule has 0 spiro atoms. The highest BCUT2D eigenvalue weighted by Crippen LogP contribution is 2.31. The van der Waals surface area contributed by atoms with Crippen LogP contribution in [-0.4, -0.2) is 35.7 Å². The lowest BCUT2D eigenvalue weighted by atomic mass is 9.92. The maximum atomic E-state index is 13.2. The quantitative estimate of drug-likeness (QED) is 0.549. The van der Waals surface area contributed by atoms with E-state index in [1.54, 1.807) is 0 Å². The minimum absolute atomic E-state index is 0.149. The van der Waals surface area contributed by atoms with E-state index >= 15 is 0 Å². The van der Waals surface area contributed by atoms with Gasteiger partial charge in [0, 0.05) is 11.8 Å². The van der Waals surface area contributed by atoms with Crippen molar-refractivity contribution in [3.63, 3.8) is 0 Å². The van der Waals surface area contributed by atoms with Crippen molar-refractivity contribution in [2.24, 2.45) is 0 Å². The lowest BCUT2D eigenvalue weighted by Gasteiger charge is -2.22. The van der Waals surface area contributed by atoms with Crippen LogP contribution in [0.3, 0.4) is 0 Å². The topological polar surface area (TPSA) is 87.7 Å². The minimum Gasteiger partial charge on any atom is -0.406 e. The number of rotatable bonds is 5. The summed E-state index contributed by atoms with van der Waals surface area (Å²) in [7, 11) is 0. The Kier molecular flexibility index (Phi) is 5.57. The molecule has 4 amide bonds. The number of amides is 4. The lowest BCUT2D eigenvalue weighted by Crippen LogP contribution is -2.42. The van der Waals surface area contributed by atoms with E-state index in [0.29, 0.717) is 11.0 Å². The molecule has 1 saturated heterocycles. The van der Waals surface area contributed by atoms with E-state index in [2.05, 4.69) is 15.4 Å². The van der Waals surface area contributed by atoms with Crippen LogP contribution in [0.25, 0.3) is 0 Å². The predicted molar refractivity (Wildman–Crippen MR) is 95.7 cm³/mol. The predicted octanol–water partition coefficient (Wildman–Crippen LogP) is 3.27. The number of ether oxygens (including phenoxy) is 1. The standard InChI is InChI=1S/C19H14F5N3O4/c1-18(10-2-4-14(5-3-10)31-19(22,23)24)16(29)27(17(30)26-18)9-15(28)25-13-7-11(20)6-12(21)8-13/h2-8H,9H2,1H3,(H,25,28)(H,26,30). The van der Waals surface area contributed by atoms with Crippen LogP contribution < -0.4 is 15.4 Å². The van der Waals surface area contributed by atoms with E-state index in [9.17, 15) is 36.3 Å². The Hall–Kier alpha value is -3.70. The molecule has 1 unspecified atom stereocenters. The molecule has 1 aliphatic heterocycles. The van der Waals surface area contributed by atoms with E-state index in [1.807, 2.05) is 0 Å². The average molecular weight is 443 g/mol. The first-order valence-electron chi connectivity index (χ1n) is 8.64. The molecule has 1 fully saturated rings. The molecule has 0 saturated carbocycles. The fourth-order valence-corrected chi connectivity index (χ4v) is 3.00. The van der Waals surface area contributed by atoms with Gasteiger partial charge in [0.25, 0.3) is 5.91 Å². The second-order valence-electron chi connectivity index (χ2n) is 6.72. The van der Waals surface area contributed by atoms with Crippen LogP contribution in [-0.2, 0) is 15.1 Å². The van der Waals surface area contributed by atoms with Crippen molar-refractivity contribution >= 4 is 23.5 Å². The summed E-state index contributed by atoms with van der Waals surface area (Å²) in [6.07, 6.45) is -4.89. The van der Waals surface area contributed by atoms with E-state index < -0.39 is 53.7 Å². The Morgan fingerprint density at radius 3 is 2.23 bits per heavy atom. The minimum atomic E-state index is -4.89. The summed E-state index contributed by atoms with van der Waals surface area (Å²) in [6.45, 7) is 0.556. The van der Waals surface area contributed by atoms with Crippen molar-refractivity contribution in [1.82, 2.24) is 10.2 Å². The number of hydrogen-bond acceptors (Lipinski definition) is 4. The smallest absolute Gasteiger partial charge is 0.406 e. The molecular weight excluding hydrogens is 429 g/mol. The largest absolute Gasteiger partial charge is 0.573 e. The van der Waals surface area contributed by atoms with Crippen molar-refractivity contribution in [3.05, 3.63) is 59.7 Å². The first-order valence-corrected chi connectivity index (χ1v) is 8.64. The summed E-state index contributed by atoms with van der Waals surface area (Å²) in [5, 5.41) is 4.55. The number of anilines is 1. The number of halogens is 5. The van der Waals surface area contributed by atoms with E-state index in [1.165, 1.54) is 19.1 Å². The van der Waals surface area contributed by atoms with Gasteiger partial charge in [0.05, 0.1) is 0 Å². The third-order valence-electron chi connectivity index (χ3n) is 4.39. The molecular formula is C19H14F5N3O4. The second-order valence-corrected chi connectivity index (χ2v) is 6.72. The Labute approximate surface area is 171 Å². The van der Waals surface area contributed by atoms with Gasteiger partial charge >= 0.3 is 12.4 Å². The number of nitrogens with one attached hydrogen (secondary N) is 2. The molecule has 12 heteroatoms. The lowest BCUT2D eigenvalue weighted by molar-refractivity contribution is -0.274. The summed E-state index contributed by atoms with van der Waals surface area (Å²) in [6, 6.07) is 5.65. The van der Waals surface area contributed by atoms with Gasteiger partial charge < -0.3 is 15.4 Å². The van der Waals surface area contributed by atoms with Gasteiger partial charge in [-0.05, 0) is 36.8 Å². The molecule has 1 aliphatic rings. The van der Waals surface area contributed by atoms with E-state index in [0.717, 1.165) is 24.3 Å². The first-order chi connectivity index (χ1) is 14.4.